The Bertz CT molecular complexity index is 1310. The van der Waals surface area contributed by atoms with E-state index in [4.69, 9.17) is 23.7 Å². The number of methoxy groups -OCH3 is 4. The molecule has 3 aromatic rings. The summed E-state index contributed by atoms with van der Waals surface area (Å²) in [6, 6.07) is 12.5. The minimum absolute atomic E-state index is 0.0472. The molecule has 1 amide bonds. The van der Waals surface area contributed by atoms with Gasteiger partial charge in [0.2, 0.25) is 0 Å². The van der Waals surface area contributed by atoms with Crippen molar-refractivity contribution in [1.29, 1.82) is 0 Å². The molecule has 38 heavy (non-hydrogen) atoms. The minimum atomic E-state index is -4.50. The van der Waals surface area contributed by atoms with E-state index in [-0.39, 0.29) is 18.3 Å². The van der Waals surface area contributed by atoms with Gasteiger partial charge in [-0.05, 0) is 66.1 Å². The summed E-state index contributed by atoms with van der Waals surface area (Å²) in [5.74, 6) is 1.66. The number of amides is 1. The van der Waals surface area contributed by atoms with Crippen LogP contribution >= 0.6 is 0 Å². The maximum Gasteiger partial charge on any atom is 0.416 e. The van der Waals surface area contributed by atoms with Crippen LogP contribution in [0.3, 0.4) is 0 Å². The average molecular weight is 532 g/mol. The summed E-state index contributed by atoms with van der Waals surface area (Å²) in [4.78, 5) is 15.4. The topological polar surface area (TPSA) is 66.5 Å². The van der Waals surface area contributed by atoms with Gasteiger partial charge in [-0.1, -0.05) is 6.07 Å². The van der Waals surface area contributed by atoms with E-state index >= 15 is 0 Å². The van der Waals surface area contributed by atoms with Crippen LogP contribution in [0.5, 0.6) is 28.7 Å². The number of fused-ring (bicyclic) bond motifs is 1. The zero-order chi connectivity index (χ0) is 27.4. The normalized spacial score (nSPS) is 14.9. The molecule has 0 aliphatic carbocycles. The lowest BCUT2D eigenvalue weighted by molar-refractivity contribution is -0.137. The first-order valence-electron chi connectivity index (χ1n) is 11.8. The summed E-state index contributed by atoms with van der Waals surface area (Å²) in [5.41, 5.74) is 1.24. The third-order valence-electron chi connectivity index (χ3n) is 6.46. The Hall–Kier alpha value is -4.08. The lowest BCUT2D eigenvalue weighted by atomic mass is 9.91. The van der Waals surface area contributed by atoms with E-state index in [1.165, 1.54) is 40.6 Å². The molecule has 3 aromatic carbocycles. The van der Waals surface area contributed by atoms with Gasteiger partial charge in [-0.15, -0.1) is 0 Å². The Morgan fingerprint density at radius 3 is 2.18 bits per heavy atom. The summed E-state index contributed by atoms with van der Waals surface area (Å²) in [6.07, 6.45) is -3.97. The van der Waals surface area contributed by atoms with Crippen LogP contribution < -0.4 is 23.7 Å². The highest BCUT2D eigenvalue weighted by molar-refractivity contribution is 5.95. The number of hydrogen-bond acceptors (Lipinski definition) is 6. The van der Waals surface area contributed by atoms with Crippen LogP contribution in [0, 0.1) is 0 Å². The SMILES string of the molecule is COc1ccc(C(=O)N2CCc3cc(OC)c(OC)cc3[C@H]2COc2cccc(C(F)(F)F)c2)cc1OC. The molecule has 1 aliphatic heterocycles. The van der Waals surface area contributed by atoms with E-state index < -0.39 is 17.8 Å². The average Bonchev–Trinajstić information content (AvgIpc) is 2.93. The number of halogens is 3. The van der Waals surface area contributed by atoms with Gasteiger partial charge < -0.3 is 28.6 Å². The van der Waals surface area contributed by atoms with Gasteiger partial charge in [0.1, 0.15) is 12.4 Å². The maximum absolute atomic E-state index is 13.7. The van der Waals surface area contributed by atoms with Crippen LogP contribution in [-0.4, -0.2) is 52.4 Å². The fraction of sp³-hybridized carbons (Fsp3) is 0.321. The number of ether oxygens (including phenoxy) is 5. The third kappa shape index (κ3) is 5.44. The molecule has 1 atom stereocenters. The number of carbonyl (C=O) groups excluding carboxylic acids is 1. The second-order valence-corrected chi connectivity index (χ2v) is 8.58. The van der Waals surface area contributed by atoms with Crippen molar-refractivity contribution in [3.05, 3.63) is 76.9 Å². The second-order valence-electron chi connectivity index (χ2n) is 8.58. The highest BCUT2D eigenvalue weighted by Gasteiger charge is 2.34. The molecule has 4 rings (SSSR count). The van der Waals surface area contributed by atoms with Crippen molar-refractivity contribution in [2.24, 2.45) is 0 Å². The van der Waals surface area contributed by atoms with Gasteiger partial charge in [-0.3, -0.25) is 4.79 Å². The molecule has 0 unspecified atom stereocenters. The molecule has 10 heteroatoms. The standard InChI is InChI=1S/C28H28F3NO6/c1-34-23-9-8-18(13-24(23)35-2)27(33)32-11-10-17-12-25(36-3)26(37-4)15-21(17)22(32)16-38-20-7-5-6-19(14-20)28(29,30)31/h5-9,12-15,22H,10-11,16H2,1-4H3/t22-/m1/s1. The molecule has 1 aliphatic rings. The third-order valence-corrected chi connectivity index (χ3v) is 6.46. The molecule has 202 valence electrons. The van der Waals surface area contributed by atoms with E-state index in [0.29, 0.717) is 41.5 Å². The van der Waals surface area contributed by atoms with Crippen molar-refractivity contribution in [3.63, 3.8) is 0 Å². The molecular weight excluding hydrogens is 503 g/mol. The van der Waals surface area contributed by atoms with Crippen molar-refractivity contribution in [3.8, 4) is 28.7 Å². The molecule has 0 N–H and O–H groups in total. The molecular formula is C28H28F3NO6. The zero-order valence-corrected chi connectivity index (χ0v) is 21.4. The van der Waals surface area contributed by atoms with Crippen LogP contribution in [0.15, 0.2) is 54.6 Å². The number of benzene rings is 3. The van der Waals surface area contributed by atoms with Crippen LogP contribution in [0.2, 0.25) is 0 Å². The van der Waals surface area contributed by atoms with Gasteiger partial charge in [0.05, 0.1) is 40.0 Å². The van der Waals surface area contributed by atoms with Crippen molar-refractivity contribution < 1.29 is 41.7 Å². The molecule has 0 saturated heterocycles. The summed E-state index contributed by atoms with van der Waals surface area (Å²) in [6.45, 7) is 0.273. The quantitative estimate of drug-likeness (QED) is 0.379. The molecule has 0 radical (unpaired) electrons. The molecule has 0 saturated carbocycles. The first-order chi connectivity index (χ1) is 18.2. The predicted octanol–water partition coefficient (Wildman–Crippen LogP) is 5.56. The van der Waals surface area contributed by atoms with Gasteiger partial charge in [-0.2, -0.15) is 13.2 Å². The zero-order valence-electron chi connectivity index (χ0n) is 21.4. The maximum atomic E-state index is 13.7. The van der Waals surface area contributed by atoms with E-state index in [2.05, 4.69) is 0 Å². The van der Waals surface area contributed by atoms with Crippen molar-refractivity contribution in [1.82, 2.24) is 4.90 Å². The Morgan fingerprint density at radius 2 is 1.53 bits per heavy atom. The highest BCUT2D eigenvalue weighted by atomic mass is 19.4. The van der Waals surface area contributed by atoms with Crippen molar-refractivity contribution >= 4 is 5.91 Å². The Morgan fingerprint density at radius 1 is 0.868 bits per heavy atom. The van der Waals surface area contributed by atoms with E-state index in [0.717, 1.165) is 23.3 Å². The molecule has 7 nitrogen and oxygen atoms in total. The van der Waals surface area contributed by atoms with Gasteiger partial charge in [0.25, 0.3) is 5.91 Å². The minimum Gasteiger partial charge on any atom is -0.493 e. The number of carbonyl (C=O) groups is 1. The summed E-state index contributed by atoms with van der Waals surface area (Å²) >= 11 is 0. The molecule has 0 fully saturated rings. The summed E-state index contributed by atoms with van der Waals surface area (Å²) in [7, 11) is 6.03. The van der Waals surface area contributed by atoms with Crippen LogP contribution in [-0.2, 0) is 12.6 Å². The number of alkyl halides is 3. The van der Waals surface area contributed by atoms with Crippen molar-refractivity contribution in [2.75, 3.05) is 41.6 Å². The van der Waals surface area contributed by atoms with Gasteiger partial charge >= 0.3 is 6.18 Å². The van der Waals surface area contributed by atoms with Crippen LogP contribution in [0.1, 0.15) is 33.1 Å². The van der Waals surface area contributed by atoms with E-state index in [1.807, 2.05) is 6.07 Å². The smallest absolute Gasteiger partial charge is 0.416 e. The number of rotatable bonds is 8. The monoisotopic (exact) mass is 531 g/mol. The first kappa shape index (κ1) is 27.0. The fourth-order valence-corrected chi connectivity index (χ4v) is 4.52. The van der Waals surface area contributed by atoms with Crippen LogP contribution in [0.4, 0.5) is 13.2 Å². The Labute approximate surface area is 218 Å². The van der Waals surface area contributed by atoms with Gasteiger partial charge in [-0.25, -0.2) is 0 Å². The Kier molecular flexibility index (Phi) is 7.89. The number of hydrogen-bond donors (Lipinski definition) is 0. The fourth-order valence-electron chi connectivity index (χ4n) is 4.52. The molecule has 0 spiro atoms. The lowest BCUT2D eigenvalue weighted by Crippen LogP contribution is -2.42. The van der Waals surface area contributed by atoms with Gasteiger partial charge in [0, 0.05) is 12.1 Å². The molecule has 1 heterocycles. The van der Waals surface area contributed by atoms with Crippen LogP contribution in [0.25, 0.3) is 0 Å². The largest absolute Gasteiger partial charge is 0.493 e. The Balaban J connectivity index is 1.71. The molecule has 0 bridgehead atoms. The number of nitrogens with zero attached hydrogens (tertiary/aromatic N) is 1. The van der Waals surface area contributed by atoms with E-state index in [1.54, 1.807) is 29.2 Å². The highest BCUT2D eigenvalue weighted by Crippen LogP contribution is 2.40. The molecule has 0 aromatic heterocycles. The summed E-state index contributed by atoms with van der Waals surface area (Å²) in [5, 5.41) is 0. The predicted molar refractivity (Wildman–Crippen MR) is 134 cm³/mol. The lowest BCUT2D eigenvalue weighted by Gasteiger charge is -2.37. The van der Waals surface area contributed by atoms with Crippen molar-refractivity contribution in [2.45, 2.75) is 18.6 Å². The van der Waals surface area contributed by atoms with Gasteiger partial charge in [0.15, 0.2) is 23.0 Å². The first-order valence-corrected chi connectivity index (χ1v) is 11.8. The van der Waals surface area contributed by atoms with E-state index in [9.17, 15) is 18.0 Å². The second kappa shape index (κ2) is 11.1. The summed E-state index contributed by atoms with van der Waals surface area (Å²) < 4.78 is 67.1.